The smallest absolute Gasteiger partial charge is 0.233 e. The van der Waals surface area contributed by atoms with E-state index in [2.05, 4.69) is 25.6 Å². The van der Waals surface area contributed by atoms with Crippen LogP contribution >= 0.6 is 22.7 Å². The molecule has 0 radical (unpaired) electrons. The fraction of sp³-hybridized carbons (Fsp3) is 0.111. The molecular formula is C18H15F2N7OS2. The van der Waals surface area contributed by atoms with Gasteiger partial charge in [0, 0.05) is 17.6 Å². The predicted octanol–water partition coefficient (Wildman–Crippen LogP) is 3.76. The van der Waals surface area contributed by atoms with Crippen LogP contribution < -0.4 is 21.7 Å². The molecule has 0 bridgehead atoms. The molecule has 1 aromatic carbocycles. The average Bonchev–Trinajstić information content (AvgIpc) is 3.37. The third kappa shape index (κ3) is 3.79. The van der Waals surface area contributed by atoms with Crippen molar-refractivity contribution in [2.75, 3.05) is 11.2 Å². The summed E-state index contributed by atoms with van der Waals surface area (Å²) in [6.07, 6.45) is 1.56. The Labute approximate surface area is 177 Å². The molecule has 0 unspecified atom stereocenters. The van der Waals surface area contributed by atoms with Crippen LogP contribution in [0.25, 0.3) is 21.1 Å². The molecule has 8 nitrogen and oxygen atoms in total. The van der Waals surface area contributed by atoms with Gasteiger partial charge in [0.2, 0.25) is 5.88 Å². The van der Waals surface area contributed by atoms with Crippen LogP contribution in [0.15, 0.2) is 29.8 Å². The van der Waals surface area contributed by atoms with Crippen LogP contribution in [-0.4, -0.2) is 20.2 Å². The largest absolute Gasteiger partial charge is 0.469 e. The van der Waals surface area contributed by atoms with Gasteiger partial charge in [0.15, 0.2) is 11.6 Å². The molecule has 0 fully saturated rings. The van der Waals surface area contributed by atoms with Crippen molar-refractivity contribution < 1.29 is 13.5 Å². The number of rotatable bonds is 6. The Morgan fingerprint density at radius 2 is 2.10 bits per heavy atom. The second kappa shape index (κ2) is 8.26. The Hall–Kier alpha value is -3.22. The second-order valence-corrected chi connectivity index (χ2v) is 8.01. The molecule has 0 aliphatic carbocycles. The highest BCUT2D eigenvalue weighted by molar-refractivity contribution is 7.16. The summed E-state index contributed by atoms with van der Waals surface area (Å²) in [6.45, 7) is 2.07. The van der Waals surface area contributed by atoms with Crippen molar-refractivity contribution in [1.29, 1.82) is 0 Å². The normalized spacial score (nSPS) is 10.9. The second-order valence-electron chi connectivity index (χ2n) is 6.06. The van der Waals surface area contributed by atoms with E-state index in [4.69, 9.17) is 16.3 Å². The molecule has 154 valence electrons. The molecular weight excluding hydrogens is 432 g/mol. The maximum absolute atomic E-state index is 14.6. The van der Waals surface area contributed by atoms with Gasteiger partial charge in [0.1, 0.15) is 22.3 Å². The van der Waals surface area contributed by atoms with Gasteiger partial charge in [-0.25, -0.2) is 18.7 Å². The van der Waals surface area contributed by atoms with Crippen molar-refractivity contribution in [2.45, 2.75) is 13.5 Å². The number of aromatic nitrogens is 4. The summed E-state index contributed by atoms with van der Waals surface area (Å²) in [4.78, 5) is 9.75. The van der Waals surface area contributed by atoms with E-state index >= 15 is 0 Å². The minimum absolute atomic E-state index is 0.0337. The zero-order valence-electron chi connectivity index (χ0n) is 15.5. The molecule has 5 N–H and O–H groups in total. The lowest BCUT2D eigenvalue weighted by Crippen LogP contribution is -2.12. The lowest BCUT2D eigenvalue weighted by Gasteiger charge is -2.09. The number of anilines is 2. The van der Waals surface area contributed by atoms with Gasteiger partial charge in [0.05, 0.1) is 27.5 Å². The van der Waals surface area contributed by atoms with Crippen molar-refractivity contribution in [3.05, 3.63) is 52.1 Å². The molecule has 4 aromatic rings. The fourth-order valence-corrected chi connectivity index (χ4v) is 4.54. The van der Waals surface area contributed by atoms with Crippen LogP contribution in [-0.2, 0) is 6.61 Å². The van der Waals surface area contributed by atoms with Gasteiger partial charge in [0.25, 0.3) is 0 Å². The third-order valence-electron chi connectivity index (χ3n) is 4.10. The molecule has 0 amide bonds. The van der Waals surface area contributed by atoms with E-state index in [1.165, 1.54) is 22.7 Å². The Balaban J connectivity index is 1.60. The molecule has 0 aliphatic rings. The van der Waals surface area contributed by atoms with Gasteiger partial charge >= 0.3 is 0 Å². The number of hydrazine groups is 1. The van der Waals surface area contributed by atoms with Crippen molar-refractivity contribution in [3.63, 3.8) is 0 Å². The summed E-state index contributed by atoms with van der Waals surface area (Å²) in [6, 6.07) is 4.44. The number of hydrogen-bond acceptors (Lipinski definition) is 10. The molecule has 0 spiro atoms. The Bertz CT molecular complexity index is 1200. The van der Waals surface area contributed by atoms with Gasteiger partial charge in [-0.05, 0) is 19.1 Å². The molecule has 3 heterocycles. The number of halogens is 2. The third-order valence-corrected chi connectivity index (χ3v) is 6.12. The maximum Gasteiger partial charge on any atom is 0.233 e. The van der Waals surface area contributed by atoms with E-state index in [1.807, 2.05) is 6.92 Å². The number of nitrogen functional groups attached to an aromatic ring is 2. The first-order valence-electron chi connectivity index (χ1n) is 8.55. The van der Waals surface area contributed by atoms with Gasteiger partial charge in [-0.15, -0.1) is 27.8 Å². The van der Waals surface area contributed by atoms with Crippen molar-refractivity contribution in [3.8, 4) is 27.0 Å². The lowest BCUT2D eigenvalue weighted by atomic mass is 10.1. The van der Waals surface area contributed by atoms with E-state index in [-0.39, 0.29) is 17.9 Å². The summed E-state index contributed by atoms with van der Waals surface area (Å²) < 4.78 is 34.3. The van der Waals surface area contributed by atoms with Crippen LogP contribution in [0.4, 0.5) is 20.2 Å². The Morgan fingerprint density at radius 1 is 1.27 bits per heavy atom. The molecule has 0 saturated carbocycles. The molecule has 0 saturated heterocycles. The fourth-order valence-electron chi connectivity index (χ4n) is 2.70. The van der Waals surface area contributed by atoms with Gasteiger partial charge < -0.3 is 15.9 Å². The first-order chi connectivity index (χ1) is 14.5. The highest BCUT2D eigenvalue weighted by Gasteiger charge is 2.20. The zero-order valence-corrected chi connectivity index (χ0v) is 17.2. The van der Waals surface area contributed by atoms with Crippen LogP contribution in [0.5, 0.6) is 5.88 Å². The minimum atomic E-state index is -0.788. The monoisotopic (exact) mass is 447 g/mol. The van der Waals surface area contributed by atoms with Gasteiger partial charge in [-0.3, -0.25) is 5.84 Å². The molecule has 3 aromatic heterocycles. The van der Waals surface area contributed by atoms with E-state index < -0.39 is 17.3 Å². The van der Waals surface area contributed by atoms with E-state index in [9.17, 15) is 8.78 Å². The standard InChI is InChI=1S/C18H15F2N7OS2/c1-8-17(30-13(24-8)6-28-12-3-2-4-23-27-12)11-7-29-18(25-11)9-5-10(19)16(26-22)15(21)14(9)20/h2-5,7,26H,6,21-22H2,1H3. The highest BCUT2D eigenvalue weighted by atomic mass is 32.1. The van der Waals surface area contributed by atoms with E-state index in [0.717, 1.165) is 21.6 Å². The van der Waals surface area contributed by atoms with Crippen molar-refractivity contribution >= 4 is 34.0 Å². The summed E-state index contributed by atoms with van der Waals surface area (Å²) in [5.74, 6) is 4.04. The number of thiazole rings is 2. The van der Waals surface area contributed by atoms with Crippen LogP contribution in [0.3, 0.4) is 0 Å². The number of nitrogens with one attached hydrogen (secondary N) is 1. The highest BCUT2D eigenvalue weighted by Crippen LogP contribution is 2.38. The van der Waals surface area contributed by atoms with Crippen LogP contribution in [0, 0.1) is 18.6 Å². The van der Waals surface area contributed by atoms with Gasteiger partial charge in [-0.2, -0.15) is 5.10 Å². The average molecular weight is 447 g/mol. The molecule has 0 aliphatic heterocycles. The SMILES string of the molecule is Cc1nc(COc2cccnn2)sc1-c1csc(-c2cc(F)c(NN)c(N)c2F)n1. The van der Waals surface area contributed by atoms with Crippen LogP contribution in [0.1, 0.15) is 10.7 Å². The lowest BCUT2D eigenvalue weighted by molar-refractivity contribution is 0.289. The zero-order chi connectivity index (χ0) is 21.3. The number of nitrogens with two attached hydrogens (primary N) is 2. The molecule has 12 heteroatoms. The van der Waals surface area contributed by atoms with Crippen molar-refractivity contribution in [2.24, 2.45) is 5.84 Å². The summed E-state index contributed by atoms with van der Waals surface area (Å²) in [7, 11) is 0. The number of aryl methyl sites for hydroxylation is 1. The summed E-state index contributed by atoms with van der Waals surface area (Å²) >= 11 is 2.57. The molecule has 4 rings (SSSR count). The van der Waals surface area contributed by atoms with Crippen LogP contribution in [0.2, 0.25) is 0 Å². The number of benzene rings is 1. The van der Waals surface area contributed by atoms with E-state index in [1.54, 1.807) is 23.7 Å². The predicted molar refractivity (Wildman–Crippen MR) is 112 cm³/mol. The van der Waals surface area contributed by atoms with Gasteiger partial charge in [-0.1, -0.05) is 0 Å². The Morgan fingerprint density at radius 3 is 2.83 bits per heavy atom. The minimum Gasteiger partial charge on any atom is -0.469 e. The summed E-state index contributed by atoms with van der Waals surface area (Å²) in [5, 5.41) is 10.4. The number of nitrogens with zero attached hydrogens (tertiary/aromatic N) is 4. The maximum atomic E-state index is 14.6. The van der Waals surface area contributed by atoms with Crippen molar-refractivity contribution in [1.82, 2.24) is 20.2 Å². The number of hydrogen-bond donors (Lipinski definition) is 3. The Kier molecular flexibility index (Phi) is 5.53. The first kappa shape index (κ1) is 20.1. The molecule has 30 heavy (non-hydrogen) atoms. The first-order valence-corrected chi connectivity index (χ1v) is 10.2. The number of ether oxygens (including phenoxy) is 1. The topological polar surface area (TPSA) is 125 Å². The van der Waals surface area contributed by atoms with E-state index in [0.29, 0.717) is 16.6 Å². The molecule has 0 atom stereocenters. The quantitative estimate of drug-likeness (QED) is 0.232. The summed E-state index contributed by atoms with van der Waals surface area (Å²) in [5.41, 5.74) is 8.34.